The fourth-order valence-electron chi connectivity index (χ4n) is 6.63. The lowest BCUT2D eigenvalue weighted by Crippen LogP contribution is -2.59. The van der Waals surface area contributed by atoms with Gasteiger partial charge in [0.1, 0.15) is 24.0 Å². The van der Waals surface area contributed by atoms with Crippen molar-refractivity contribution < 1.29 is 34.1 Å². The summed E-state index contributed by atoms with van der Waals surface area (Å²) >= 11 is 0. The Bertz CT molecular complexity index is 1730. The van der Waals surface area contributed by atoms with Crippen LogP contribution in [0.25, 0.3) is 0 Å². The Balaban J connectivity index is 1.75. The van der Waals surface area contributed by atoms with Crippen molar-refractivity contribution in [2.45, 2.75) is 50.5 Å². The number of carbonyl (C=O) groups is 3. The summed E-state index contributed by atoms with van der Waals surface area (Å²) in [6.45, 7) is 9.09. The van der Waals surface area contributed by atoms with Crippen LogP contribution in [0.1, 0.15) is 63.7 Å². The number of benzene rings is 2. The summed E-state index contributed by atoms with van der Waals surface area (Å²) in [5, 5.41) is 22.9. The lowest BCUT2D eigenvalue weighted by Gasteiger charge is -2.43. The van der Waals surface area contributed by atoms with Crippen molar-refractivity contribution in [3.63, 3.8) is 0 Å². The zero-order valence-corrected chi connectivity index (χ0v) is 22.8. The van der Waals surface area contributed by atoms with Crippen LogP contribution in [0.3, 0.4) is 0 Å². The number of allylic oxidation sites excluding steroid dienone is 2. The molecule has 41 heavy (non-hydrogen) atoms. The van der Waals surface area contributed by atoms with Crippen molar-refractivity contribution in [3.05, 3.63) is 82.5 Å². The van der Waals surface area contributed by atoms with E-state index in [0.717, 1.165) is 0 Å². The number of amides is 1. The molecule has 6 rings (SSSR count). The molecular weight excluding hydrogens is 522 g/mol. The molecule has 0 spiro atoms. The minimum absolute atomic E-state index is 0.00348. The van der Waals surface area contributed by atoms with E-state index in [9.17, 15) is 24.6 Å². The zero-order chi connectivity index (χ0) is 29.3. The largest absolute Gasteiger partial charge is 0.507 e. The number of aromatic hydroxyl groups is 1. The van der Waals surface area contributed by atoms with E-state index in [1.807, 2.05) is 20.8 Å². The monoisotopic (exact) mass is 549 g/mol. The Hall–Kier alpha value is -4.63. The number of rotatable bonds is 4. The Labute approximate surface area is 237 Å². The molecule has 2 aliphatic heterocycles. The molecule has 2 heterocycles. The summed E-state index contributed by atoms with van der Waals surface area (Å²) in [6, 6.07) is 5.26. The third-order valence-electron chi connectivity index (χ3n) is 8.36. The highest BCUT2D eigenvalue weighted by Gasteiger charge is 2.83. The van der Waals surface area contributed by atoms with Crippen molar-refractivity contribution in [1.82, 2.24) is 0 Å². The van der Waals surface area contributed by atoms with E-state index < -0.39 is 46.8 Å². The first-order chi connectivity index (χ1) is 19.7. The Morgan fingerprint density at radius 2 is 1.90 bits per heavy atom. The van der Waals surface area contributed by atoms with E-state index in [2.05, 4.69) is 30.3 Å². The summed E-state index contributed by atoms with van der Waals surface area (Å²) in [7, 11) is 0. The number of phenols is 1. The zero-order valence-electron chi connectivity index (χ0n) is 22.8. The number of phenolic OH excluding ortho intramolecular Hbond substituents is 1. The standard InChI is InChI=1S/C33H27NO7/c1-5-16-40-31(39)34-23-14-9-7-8-10-15-24(36)33(32(23,41-33)18(3)4)21-17-22(35)26-27(28(21)34)29(37)20-13-11-12-19(6-2)25(20)30(26)38/h5,7-8,11-13,17-18,23-24,35-36H,1,6,16H2,2-4H3/b8-7-/t23-,24+,32-,33-/m0/s1. The average molecular weight is 550 g/mol. The molecule has 1 saturated heterocycles. The lowest BCUT2D eigenvalue weighted by atomic mass is 9.66. The average Bonchev–Trinajstić information content (AvgIpc) is 3.69. The molecule has 2 bridgehead atoms. The molecule has 4 atom stereocenters. The summed E-state index contributed by atoms with van der Waals surface area (Å²) in [5.74, 6) is 9.66. The third-order valence-corrected chi connectivity index (χ3v) is 8.36. The highest BCUT2D eigenvalue weighted by Crippen LogP contribution is 2.70. The molecule has 4 aliphatic rings. The van der Waals surface area contributed by atoms with Crippen molar-refractivity contribution in [2.24, 2.45) is 5.92 Å². The molecule has 2 N–H and O–H groups in total. The number of ether oxygens (including phenoxy) is 2. The minimum atomic E-state index is -1.56. The summed E-state index contributed by atoms with van der Waals surface area (Å²) in [6.07, 6.45) is 2.60. The van der Waals surface area contributed by atoms with Gasteiger partial charge in [-0.05, 0) is 36.1 Å². The number of aryl methyl sites for hydroxylation is 1. The molecule has 0 radical (unpaired) electrons. The SMILES string of the molecule is C=CCOC(=O)N1c2c(cc(O)c3c2C(=O)c2cccc(CC)c2C3=O)[C@@]23O[C@@]2(C(C)C)[C@@H]1C#C/C=C\C#C[C@H]3O. The molecule has 1 amide bonds. The van der Waals surface area contributed by atoms with Gasteiger partial charge in [-0.1, -0.05) is 75.3 Å². The van der Waals surface area contributed by atoms with E-state index in [1.165, 1.54) is 29.2 Å². The molecule has 2 aromatic carbocycles. The molecule has 8 heteroatoms. The first-order valence-electron chi connectivity index (χ1n) is 13.4. The number of aliphatic hydroxyl groups excluding tert-OH is 1. The van der Waals surface area contributed by atoms with Crippen molar-refractivity contribution in [2.75, 3.05) is 11.5 Å². The van der Waals surface area contributed by atoms with Gasteiger partial charge in [0.05, 0.1) is 16.8 Å². The first kappa shape index (κ1) is 26.6. The second-order valence-corrected chi connectivity index (χ2v) is 10.6. The number of anilines is 1. The van der Waals surface area contributed by atoms with E-state index in [4.69, 9.17) is 9.47 Å². The van der Waals surface area contributed by atoms with Crippen molar-refractivity contribution in [1.29, 1.82) is 0 Å². The van der Waals surface area contributed by atoms with Crippen molar-refractivity contribution in [3.8, 4) is 29.4 Å². The molecule has 1 fully saturated rings. The van der Waals surface area contributed by atoms with E-state index in [-0.39, 0.29) is 46.0 Å². The van der Waals surface area contributed by atoms with Crippen molar-refractivity contribution >= 4 is 23.3 Å². The van der Waals surface area contributed by atoms with Crippen LogP contribution in [0.15, 0.2) is 49.1 Å². The molecular formula is C33H27NO7. The van der Waals surface area contributed by atoms with Crippen LogP contribution in [-0.4, -0.2) is 52.2 Å². The van der Waals surface area contributed by atoms with Crippen LogP contribution >= 0.6 is 0 Å². The predicted molar refractivity (Wildman–Crippen MR) is 150 cm³/mol. The van der Waals surface area contributed by atoms with E-state index in [0.29, 0.717) is 12.0 Å². The molecule has 0 unspecified atom stereocenters. The fourth-order valence-corrected chi connectivity index (χ4v) is 6.63. The number of epoxide rings is 1. The number of hydrogen-bond acceptors (Lipinski definition) is 7. The van der Waals surface area contributed by atoms with Gasteiger partial charge in [-0.15, -0.1) is 0 Å². The van der Waals surface area contributed by atoms with Crippen LogP contribution in [-0.2, 0) is 21.5 Å². The number of aliphatic hydroxyl groups is 1. The number of carbonyl (C=O) groups excluding carboxylic acids is 3. The Morgan fingerprint density at radius 3 is 2.59 bits per heavy atom. The molecule has 8 nitrogen and oxygen atoms in total. The maximum atomic E-state index is 14.3. The van der Waals surface area contributed by atoms with Gasteiger partial charge >= 0.3 is 6.09 Å². The summed E-state index contributed by atoms with van der Waals surface area (Å²) in [5.41, 5.74) is -2.06. The van der Waals surface area contributed by atoms with Gasteiger partial charge in [-0.25, -0.2) is 4.79 Å². The van der Waals surface area contributed by atoms with E-state index in [1.54, 1.807) is 18.2 Å². The Morgan fingerprint density at radius 1 is 1.17 bits per heavy atom. The van der Waals surface area contributed by atoms with Crippen LogP contribution < -0.4 is 4.90 Å². The normalized spacial score (nSPS) is 27.1. The second-order valence-electron chi connectivity index (χ2n) is 10.6. The van der Waals surface area contributed by atoms with Crippen LogP contribution in [0, 0.1) is 29.6 Å². The second kappa shape index (κ2) is 9.21. The molecule has 2 aromatic rings. The molecule has 2 aliphatic carbocycles. The van der Waals surface area contributed by atoms with Crippen LogP contribution in [0.2, 0.25) is 0 Å². The van der Waals surface area contributed by atoms with Crippen LogP contribution in [0.5, 0.6) is 5.75 Å². The maximum Gasteiger partial charge on any atom is 0.415 e. The van der Waals surface area contributed by atoms with Crippen LogP contribution in [0.4, 0.5) is 10.5 Å². The predicted octanol–water partition coefficient (Wildman–Crippen LogP) is 3.80. The van der Waals surface area contributed by atoms with E-state index >= 15 is 0 Å². The number of fused-ring (bicyclic) bond motifs is 4. The van der Waals surface area contributed by atoms with Gasteiger partial charge in [0.15, 0.2) is 23.3 Å². The number of hydrogen-bond donors (Lipinski definition) is 2. The smallest absolute Gasteiger partial charge is 0.415 e. The fraction of sp³-hybridized carbons (Fsp3) is 0.303. The first-order valence-corrected chi connectivity index (χ1v) is 13.4. The quantitative estimate of drug-likeness (QED) is 0.289. The topological polar surface area (TPSA) is 117 Å². The van der Waals surface area contributed by atoms with Gasteiger partial charge < -0.3 is 19.7 Å². The highest BCUT2D eigenvalue weighted by atomic mass is 16.6. The lowest BCUT2D eigenvalue weighted by molar-refractivity contribution is 0.0974. The minimum Gasteiger partial charge on any atom is -0.507 e. The van der Waals surface area contributed by atoms with Gasteiger partial charge in [0, 0.05) is 16.7 Å². The molecule has 0 saturated carbocycles. The molecule has 0 aromatic heterocycles. The molecule has 206 valence electrons. The van der Waals surface area contributed by atoms with Gasteiger partial charge in [0.2, 0.25) is 0 Å². The van der Waals surface area contributed by atoms with Gasteiger partial charge in [-0.2, -0.15) is 0 Å². The maximum absolute atomic E-state index is 14.3. The third kappa shape index (κ3) is 3.29. The summed E-state index contributed by atoms with van der Waals surface area (Å²) < 4.78 is 12.0. The highest BCUT2D eigenvalue weighted by molar-refractivity contribution is 6.32. The number of nitrogens with zero attached hydrogens (tertiary/aromatic N) is 1. The van der Waals surface area contributed by atoms with Gasteiger partial charge in [-0.3, -0.25) is 14.5 Å². The van der Waals surface area contributed by atoms with Gasteiger partial charge in [0.25, 0.3) is 0 Å². The number of ketones is 2. The Kier molecular flexibility index (Phi) is 5.97. The summed E-state index contributed by atoms with van der Waals surface area (Å²) in [4.78, 5) is 43.4.